The summed E-state index contributed by atoms with van der Waals surface area (Å²) in [6, 6.07) is 3.63. The van der Waals surface area contributed by atoms with E-state index in [-0.39, 0.29) is 18.6 Å². The lowest BCUT2D eigenvalue weighted by Gasteiger charge is -2.24. The third-order valence-corrected chi connectivity index (χ3v) is 3.75. The predicted octanol–water partition coefficient (Wildman–Crippen LogP) is 1.49. The predicted molar refractivity (Wildman–Crippen MR) is 94.1 cm³/mol. The maximum Gasteiger partial charge on any atom is 0.411 e. The van der Waals surface area contributed by atoms with Gasteiger partial charge in [-0.25, -0.2) is 4.79 Å². The summed E-state index contributed by atoms with van der Waals surface area (Å²) < 4.78 is 10.3. The Morgan fingerprint density at radius 1 is 1.36 bits per heavy atom. The second-order valence-corrected chi connectivity index (χ2v) is 6.16. The van der Waals surface area contributed by atoms with Gasteiger partial charge in [0.1, 0.15) is 18.5 Å². The van der Waals surface area contributed by atoms with Crippen LogP contribution in [0.5, 0.6) is 5.75 Å². The molecular formula is C17H25N3O5. The first-order chi connectivity index (χ1) is 11.9. The Bertz CT molecular complexity index is 633. The SMILES string of the molecule is COC(=O)Nc1ccc(OCC(O)CNC(C)C)c2c1NC(=O)CC2. The first-order valence-corrected chi connectivity index (χ1v) is 8.25. The monoisotopic (exact) mass is 351 g/mol. The van der Waals surface area contributed by atoms with Gasteiger partial charge >= 0.3 is 6.09 Å². The summed E-state index contributed by atoms with van der Waals surface area (Å²) >= 11 is 0. The van der Waals surface area contributed by atoms with Crippen molar-refractivity contribution in [3.05, 3.63) is 17.7 Å². The molecule has 2 amide bonds. The fraction of sp³-hybridized carbons (Fsp3) is 0.529. The van der Waals surface area contributed by atoms with Crippen molar-refractivity contribution in [2.45, 2.75) is 38.8 Å². The number of benzene rings is 1. The van der Waals surface area contributed by atoms with Crippen molar-refractivity contribution in [1.29, 1.82) is 0 Å². The molecule has 8 heteroatoms. The summed E-state index contributed by atoms with van der Waals surface area (Å²) in [5.74, 6) is 0.452. The van der Waals surface area contributed by atoms with Crippen LogP contribution < -0.4 is 20.7 Å². The number of hydrogen-bond donors (Lipinski definition) is 4. The van der Waals surface area contributed by atoms with Crippen molar-refractivity contribution < 1.29 is 24.2 Å². The second-order valence-electron chi connectivity index (χ2n) is 6.16. The van der Waals surface area contributed by atoms with Gasteiger partial charge in [0.25, 0.3) is 0 Å². The molecule has 0 spiro atoms. The van der Waals surface area contributed by atoms with Crippen LogP contribution in [0.4, 0.5) is 16.2 Å². The topological polar surface area (TPSA) is 109 Å². The molecule has 2 rings (SSSR count). The van der Waals surface area contributed by atoms with Crippen LogP contribution in [0, 0.1) is 0 Å². The molecule has 0 saturated heterocycles. The third kappa shape index (κ3) is 5.33. The number of rotatable bonds is 7. The fourth-order valence-corrected chi connectivity index (χ4v) is 2.48. The molecule has 0 radical (unpaired) electrons. The van der Waals surface area contributed by atoms with Crippen LogP contribution >= 0.6 is 0 Å². The highest BCUT2D eigenvalue weighted by Gasteiger charge is 2.23. The molecule has 1 atom stereocenters. The Kier molecular flexibility index (Phi) is 6.60. The maximum absolute atomic E-state index is 11.7. The molecule has 138 valence electrons. The first-order valence-electron chi connectivity index (χ1n) is 8.25. The number of methoxy groups -OCH3 is 1. The third-order valence-electron chi connectivity index (χ3n) is 3.75. The molecule has 1 unspecified atom stereocenters. The largest absolute Gasteiger partial charge is 0.490 e. The highest BCUT2D eigenvalue weighted by Crippen LogP contribution is 2.37. The molecule has 1 aliphatic heterocycles. The van der Waals surface area contributed by atoms with Crippen LogP contribution in [0.15, 0.2) is 12.1 Å². The molecule has 0 aliphatic carbocycles. The lowest BCUT2D eigenvalue weighted by Crippen LogP contribution is -2.35. The minimum absolute atomic E-state index is 0.126. The maximum atomic E-state index is 11.7. The van der Waals surface area contributed by atoms with E-state index in [0.29, 0.717) is 36.5 Å². The summed E-state index contributed by atoms with van der Waals surface area (Å²) in [6.07, 6.45) is -0.439. The van der Waals surface area contributed by atoms with Crippen LogP contribution in [0.1, 0.15) is 25.8 Å². The molecule has 1 aromatic rings. The van der Waals surface area contributed by atoms with Gasteiger partial charge in [0.05, 0.1) is 18.5 Å². The Morgan fingerprint density at radius 2 is 2.12 bits per heavy atom. The fourth-order valence-electron chi connectivity index (χ4n) is 2.48. The molecule has 0 bridgehead atoms. The number of carbonyl (C=O) groups is 2. The van der Waals surface area contributed by atoms with Gasteiger partial charge in [-0.1, -0.05) is 13.8 Å². The van der Waals surface area contributed by atoms with E-state index in [4.69, 9.17) is 4.74 Å². The van der Waals surface area contributed by atoms with Crippen molar-refractivity contribution in [3.8, 4) is 5.75 Å². The van der Waals surface area contributed by atoms with Crippen molar-refractivity contribution in [3.63, 3.8) is 0 Å². The number of aliphatic hydroxyl groups is 1. The van der Waals surface area contributed by atoms with Gasteiger partial charge in [-0.15, -0.1) is 0 Å². The Balaban J connectivity index is 2.12. The lowest BCUT2D eigenvalue weighted by atomic mass is 10.0. The molecule has 1 aliphatic rings. The average Bonchev–Trinajstić information content (AvgIpc) is 2.58. The standard InChI is InChI=1S/C17H25N3O5/c1-10(2)18-8-11(21)9-25-14-6-5-13(19-17(23)24-3)16-12(14)4-7-15(22)20-16/h5-6,10-11,18,21H,4,7-9H2,1-3H3,(H,19,23)(H,20,22). The number of anilines is 2. The minimum atomic E-state index is -0.649. The lowest BCUT2D eigenvalue weighted by molar-refractivity contribution is -0.116. The number of fused-ring (bicyclic) bond motifs is 1. The minimum Gasteiger partial charge on any atom is -0.490 e. The van der Waals surface area contributed by atoms with Gasteiger partial charge in [0.2, 0.25) is 5.91 Å². The summed E-state index contributed by atoms with van der Waals surface area (Å²) in [7, 11) is 1.27. The molecule has 0 saturated carbocycles. The van der Waals surface area contributed by atoms with Gasteiger partial charge in [0.15, 0.2) is 0 Å². The number of carbonyl (C=O) groups excluding carboxylic acids is 2. The zero-order valence-corrected chi connectivity index (χ0v) is 14.7. The Hall–Kier alpha value is -2.32. The summed E-state index contributed by atoms with van der Waals surface area (Å²) in [5.41, 5.74) is 1.75. The van der Waals surface area contributed by atoms with E-state index in [2.05, 4.69) is 20.7 Å². The van der Waals surface area contributed by atoms with Gasteiger partial charge in [-0.05, 0) is 18.6 Å². The number of hydrogen-bond acceptors (Lipinski definition) is 6. The summed E-state index contributed by atoms with van der Waals surface area (Å²) in [5, 5.41) is 18.5. The number of ether oxygens (including phenoxy) is 2. The van der Waals surface area contributed by atoms with Crippen LogP contribution in [0.3, 0.4) is 0 Å². The molecule has 0 aromatic heterocycles. The number of aliphatic hydroxyl groups excluding tert-OH is 1. The van der Waals surface area contributed by atoms with E-state index in [9.17, 15) is 14.7 Å². The van der Waals surface area contributed by atoms with E-state index < -0.39 is 12.2 Å². The van der Waals surface area contributed by atoms with E-state index in [1.54, 1.807) is 12.1 Å². The van der Waals surface area contributed by atoms with Gasteiger partial charge in [-0.3, -0.25) is 10.1 Å². The number of amides is 2. The first kappa shape index (κ1) is 19.0. The molecule has 25 heavy (non-hydrogen) atoms. The average molecular weight is 351 g/mol. The van der Waals surface area contributed by atoms with Crippen molar-refractivity contribution >= 4 is 23.4 Å². The van der Waals surface area contributed by atoms with E-state index >= 15 is 0 Å². The van der Waals surface area contributed by atoms with Gasteiger partial charge in [-0.2, -0.15) is 0 Å². The number of nitrogens with one attached hydrogen (secondary N) is 3. The van der Waals surface area contributed by atoms with E-state index in [1.165, 1.54) is 7.11 Å². The smallest absolute Gasteiger partial charge is 0.411 e. The Labute approximate surface area is 146 Å². The zero-order valence-electron chi connectivity index (χ0n) is 14.7. The second kappa shape index (κ2) is 8.68. The molecule has 8 nitrogen and oxygen atoms in total. The van der Waals surface area contributed by atoms with Gasteiger partial charge < -0.3 is 25.2 Å². The van der Waals surface area contributed by atoms with Crippen LogP contribution in [0.2, 0.25) is 0 Å². The van der Waals surface area contributed by atoms with Crippen LogP contribution in [-0.2, 0) is 16.0 Å². The summed E-state index contributed by atoms with van der Waals surface area (Å²) in [6.45, 7) is 4.56. The van der Waals surface area contributed by atoms with E-state index in [0.717, 1.165) is 5.56 Å². The van der Waals surface area contributed by atoms with Crippen molar-refractivity contribution in [1.82, 2.24) is 5.32 Å². The molecule has 1 aromatic carbocycles. The quantitative estimate of drug-likeness (QED) is 0.593. The van der Waals surface area contributed by atoms with Crippen molar-refractivity contribution in [2.75, 3.05) is 30.9 Å². The van der Waals surface area contributed by atoms with Crippen LogP contribution in [-0.4, -0.2) is 49.5 Å². The highest BCUT2D eigenvalue weighted by molar-refractivity contribution is 6.01. The summed E-state index contributed by atoms with van der Waals surface area (Å²) in [4.78, 5) is 23.2. The van der Waals surface area contributed by atoms with Crippen LogP contribution in [0.25, 0.3) is 0 Å². The molecule has 0 fully saturated rings. The molecule has 4 N–H and O–H groups in total. The van der Waals surface area contributed by atoms with E-state index in [1.807, 2.05) is 13.8 Å². The molecular weight excluding hydrogens is 326 g/mol. The highest BCUT2D eigenvalue weighted by atomic mass is 16.5. The normalized spacial score (nSPS) is 14.5. The zero-order chi connectivity index (χ0) is 18.4. The Morgan fingerprint density at radius 3 is 2.80 bits per heavy atom. The van der Waals surface area contributed by atoms with Crippen molar-refractivity contribution in [2.24, 2.45) is 0 Å². The van der Waals surface area contributed by atoms with Gasteiger partial charge in [0, 0.05) is 24.6 Å². The molecule has 1 heterocycles.